The Hall–Kier alpha value is -3.50. The topological polar surface area (TPSA) is 129 Å². The number of carbonyl (C=O) groups is 3. The fourth-order valence-electron chi connectivity index (χ4n) is 8.29. The zero-order valence-corrected chi connectivity index (χ0v) is 34.6. The predicted octanol–water partition coefficient (Wildman–Crippen LogP) is 8.57. The number of sulfonamides is 1. The molecule has 5 rings (SSSR count). The van der Waals surface area contributed by atoms with Crippen LogP contribution in [0.2, 0.25) is 5.02 Å². The summed E-state index contributed by atoms with van der Waals surface area (Å²) in [6.07, 6.45) is 13.5. The van der Waals surface area contributed by atoms with Gasteiger partial charge in [-0.25, -0.2) is 18.1 Å². The number of unbranched alkanes of at least 4 members (excludes halogenated alkanes) is 4. The Morgan fingerprint density at radius 2 is 1.52 bits per heavy atom. The molecule has 0 spiro atoms. The number of hydrogen-bond donors (Lipinski definition) is 2. The number of Topliss-reactive ketones (excluding diaryl/α,β-unsaturated/α-hetero) is 2. The Balaban J connectivity index is 1.00. The van der Waals surface area contributed by atoms with Crippen LogP contribution in [0.25, 0.3) is 4.85 Å². The summed E-state index contributed by atoms with van der Waals surface area (Å²) in [6, 6.07) is 10.1. The fourth-order valence-corrected chi connectivity index (χ4v) is 9.98. The van der Waals surface area contributed by atoms with Crippen molar-refractivity contribution in [3.63, 3.8) is 0 Å². The van der Waals surface area contributed by atoms with Crippen LogP contribution in [0.4, 0.5) is 10.5 Å². The number of nitrogens with zero attached hydrogens (tertiary/aromatic N) is 3. The molecule has 0 radical (unpaired) electrons. The molecule has 0 bridgehead atoms. The number of benzene rings is 2. The van der Waals surface area contributed by atoms with Gasteiger partial charge in [0, 0.05) is 56.9 Å². The number of rotatable bonds is 21. The minimum absolute atomic E-state index is 0.0689. The minimum atomic E-state index is -3.72. The maximum Gasteiger partial charge on any atom is 0.314 e. The van der Waals surface area contributed by atoms with Crippen LogP contribution in [0.5, 0.6) is 5.75 Å². The molecule has 2 fully saturated rings. The van der Waals surface area contributed by atoms with E-state index in [1.165, 1.54) is 10.7 Å². The predicted molar refractivity (Wildman–Crippen MR) is 220 cm³/mol. The number of urea groups is 1. The van der Waals surface area contributed by atoms with E-state index in [0.29, 0.717) is 99.8 Å². The van der Waals surface area contributed by atoms with Crippen molar-refractivity contribution in [2.24, 2.45) is 5.92 Å². The molecule has 2 aromatic carbocycles. The van der Waals surface area contributed by atoms with Gasteiger partial charge in [0.2, 0.25) is 10.0 Å². The second-order valence-electron chi connectivity index (χ2n) is 15.7. The van der Waals surface area contributed by atoms with Gasteiger partial charge in [-0.1, -0.05) is 44.2 Å². The van der Waals surface area contributed by atoms with Crippen LogP contribution < -0.4 is 15.4 Å². The Labute approximate surface area is 339 Å². The smallest absolute Gasteiger partial charge is 0.314 e. The number of fused-ring (bicyclic) bond motifs is 1. The Kier molecular flexibility index (Phi) is 17.0. The van der Waals surface area contributed by atoms with Crippen molar-refractivity contribution in [2.45, 2.75) is 133 Å². The third-order valence-electron chi connectivity index (χ3n) is 11.5. The van der Waals surface area contributed by atoms with Crippen LogP contribution in [-0.2, 0) is 26.0 Å². The van der Waals surface area contributed by atoms with Gasteiger partial charge in [0.15, 0.2) is 5.69 Å². The third kappa shape index (κ3) is 12.5. The molecule has 0 saturated carbocycles. The molecule has 11 nitrogen and oxygen atoms in total. The van der Waals surface area contributed by atoms with Crippen molar-refractivity contribution in [3.8, 4) is 5.75 Å². The molecular weight excluding hydrogens is 750 g/mol. The second kappa shape index (κ2) is 21.9. The summed E-state index contributed by atoms with van der Waals surface area (Å²) in [4.78, 5) is 43.1. The Morgan fingerprint density at radius 3 is 2.20 bits per heavy atom. The van der Waals surface area contributed by atoms with Gasteiger partial charge in [-0.15, -0.1) is 0 Å². The van der Waals surface area contributed by atoms with E-state index in [1.807, 2.05) is 6.07 Å². The number of carbonyl (C=O) groups excluding carboxylic acids is 3. The summed E-state index contributed by atoms with van der Waals surface area (Å²) in [7, 11) is -3.72. The van der Waals surface area contributed by atoms with Crippen molar-refractivity contribution < 1.29 is 27.5 Å². The van der Waals surface area contributed by atoms with Gasteiger partial charge in [0.25, 0.3) is 0 Å². The molecule has 1 aliphatic carbocycles. The molecule has 0 unspecified atom stereocenters. The Morgan fingerprint density at radius 1 is 0.857 bits per heavy atom. The third-order valence-corrected chi connectivity index (χ3v) is 13.6. The number of hydrogen-bond acceptors (Lipinski definition) is 7. The van der Waals surface area contributed by atoms with E-state index in [4.69, 9.17) is 22.9 Å². The van der Waals surface area contributed by atoms with Crippen LogP contribution in [0.1, 0.15) is 127 Å². The quantitative estimate of drug-likeness (QED) is 0.0955. The van der Waals surface area contributed by atoms with Crippen LogP contribution >= 0.6 is 11.6 Å². The average Bonchev–Trinajstić information content (AvgIpc) is 3.55. The molecule has 2 heterocycles. The molecule has 56 heavy (non-hydrogen) atoms. The molecule has 2 saturated heterocycles. The highest BCUT2D eigenvalue weighted by Crippen LogP contribution is 2.44. The molecule has 13 heteroatoms. The maximum absolute atomic E-state index is 13.6. The average molecular weight is 811 g/mol. The minimum Gasteiger partial charge on any atom is -0.484 e. The maximum atomic E-state index is 13.6. The van der Waals surface area contributed by atoms with E-state index in [0.717, 1.165) is 75.6 Å². The number of halogens is 1. The highest BCUT2D eigenvalue weighted by molar-refractivity contribution is 7.89. The number of likely N-dealkylation sites (tertiary alicyclic amines) is 1. The van der Waals surface area contributed by atoms with Crippen molar-refractivity contribution in [3.05, 3.63) is 64.0 Å². The molecule has 0 aromatic heterocycles. The number of ether oxygens (including phenoxy) is 1. The zero-order valence-electron chi connectivity index (χ0n) is 33.0. The summed E-state index contributed by atoms with van der Waals surface area (Å²) in [5, 5.41) is 6.16. The summed E-state index contributed by atoms with van der Waals surface area (Å²) < 4.78 is 35.4. The standard InChI is InChI=1S/C43H60ClN5O6S/c1-3-4-7-13-34(50)14-8-5-9-22-46-43(52)47-23-12-15-35(51)28-32-20-26-49(27-21-32)56(53,54)37-18-16-36(17-19-37)55-42-39-29-33(44)30-40(45-2)38(39)31-41(42)48-24-10-6-11-25-48/h16-19,29-30,32,41-42H,3-15,20-28,31H2,1H3,(H2,46,47,52)/t41-,42-/m0/s1. The number of piperidine rings is 2. The first kappa shape index (κ1) is 43.6. The molecular formula is C43H60ClN5O6S. The molecule has 2 aromatic rings. The number of amides is 2. The van der Waals surface area contributed by atoms with E-state index in [9.17, 15) is 22.8 Å². The first-order valence-corrected chi connectivity index (χ1v) is 22.7. The lowest BCUT2D eigenvalue weighted by Crippen LogP contribution is -2.43. The largest absolute Gasteiger partial charge is 0.484 e. The van der Waals surface area contributed by atoms with Crippen LogP contribution in [0, 0.1) is 12.5 Å². The lowest BCUT2D eigenvalue weighted by Gasteiger charge is -2.36. The second-order valence-corrected chi connectivity index (χ2v) is 18.0. The van der Waals surface area contributed by atoms with Gasteiger partial charge in [-0.3, -0.25) is 14.5 Å². The van der Waals surface area contributed by atoms with Crippen molar-refractivity contribution in [2.75, 3.05) is 39.3 Å². The molecule has 2 aliphatic heterocycles. The van der Waals surface area contributed by atoms with Crippen molar-refractivity contribution in [1.29, 1.82) is 0 Å². The van der Waals surface area contributed by atoms with Crippen LogP contribution in [0.15, 0.2) is 41.3 Å². The molecule has 2 amide bonds. The number of nitrogens with one attached hydrogen (secondary N) is 2. The zero-order chi connectivity index (χ0) is 39.9. The monoisotopic (exact) mass is 809 g/mol. The van der Waals surface area contributed by atoms with E-state index in [1.54, 1.807) is 30.3 Å². The first-order valence-electron chi connectivity index (χ1n) is 20.8. The van der Waals surface area contributed by atoms with Gasteiger partial charge < -0.3 is 15.4 Å². The highest BCUT2D eigenvalue weighted by Gasteiger charge is 2.40. The molecule has 2 atom stereocenters. The van der Waals surface area contributed by atoms with Gasteiger partial charge in [-0.05, 0) is 124 Å². The van der Waals surface area contributed by atoms with Gasteiger partial charge in [0.05, 0.1) is 17.5 Å². The summed E-state index contributed by atoms with van der Waals surface area (Å²) in [5.41, 5.74) is 2.47. The molecule has 306 valence electrons. The SMILES string of the molecule is [C-]#[N+]c1cc(Cl)cc2c1C[C@H](N1CCCCC1)[C@H]2Oc1ccc(S(=O)(=O)N2CCC(CC(=O)CCCNC(=O)NCCCCCC(=O)CCCCC)CC2)cc1. The van der Waals surface area contributed by atoms with E-state index in [2.05, 4.69) is 27.3 Å². The highest BCUT2D eigenvalue weighted by atomic mass is 35.5. The summed E-state index contributed by atoms with van der Waals surface area (Å²) >= 11 is 6.44. The van der Waals surface area contributed by atoms with Gasteiger partial charge >= 0.3 is 6.03 Å². The fraction of sp³-hybridized carbons (Fsp3) is 0.628. The Bertz CT molecular complexity index is 1770. The van der Waals surface area contributed by atoms with Crippen molar-refractivity contribution >= 4 is 44.9 Å². The van der Waals surface area contributed by atoms with Crippen LogP contribution in [0.3, 0.4) is 0 Å². The van der Waals surface area contributed by atoms with Gasteiger partial charge in [0.1, 0.15) is 23.4 Å². The number of ketones is 2. The van der Waals surface area contributed by atoms with E-state index in [-0.39, 0.29) is 34.8 Å². The lowest BCUT2D eigenvalue weighted by atomic mass is 9.91. The van der Waals surface area contributed by atoms with Gasteiger partial charge in [-0.2, -0.15) is 4.31 Å². The molecule has 2 N–H and O–H groups in total. The normalized spacial score (nSPS) is 19.2. The first-order chi connectivity index (χ1) is 27.1. The summed E-state index contributed by atoms with van der Waals surface area (Å²) in [5.74, 6) is 1.16. The lowest BCUT2D eigenvalue weighted by molar-refractivity contribution is -0.120. The van der Waals surface area contributed by atoms with Crippen molar-refractivity contribution in [1.82, 2.24) is 19.8 Å². The van der Waals surface area contributed by atoms with Crippen LogP contribution in [-0.4, -0.2) is 80.5 Å². The summed E-state index contributed by atoms with van der Waals surface area (Å²) in [6.45, 7) is 13.5. The molecule has 3 aliphatic rings. The van der Waals surface area contributed by atoms with E-state index >= 15 is 0 Å². The van der Waals surface area contributed by atoms with E-state index < -0.39 is 10.0 Å².